The van der Waals surface area contributed by atoms with E-state index >= 15 is 0 Å². The quantitative estimate of drug-likeness (QED) is 0.824. The molecule has 0 unspecified atom stereocenters. The minimum atomic E-state index is 0.574. The molecule has 1 aliphatic rings. The second-order valence-electron chi connectivity index (χ2n) is 5.92. The highest BCUT2D eigenvalue weighted by Gasteiger charge is 2.15. The van der Waals surface area contributed by atoms with Gasteiger partial charge in [0.05, 0.1) is 10.0 Å². The van der Waals surface area contributed by atoms with E-state index in [1.54, 1.807) is 0 Å². The molecule has 0 spiro atoms. The van der Waals surface area contributed by atoms with Crippen molar-refractivity contribution in [2.24, 2.45) is 0 Å². The van der Waals surface area contributed by atoms with Gasteiger partial charge in [0.2, 0.25) is 0 Å². The fourth-order valence-electron chi connectivity index (χ4n) is 2.93. The van der Waals surface area contributed by atoms with Crippen molar-refractivity contribution in [2.75, 3.05) is 32.7 Å². The largest absolute Gasteiger partial charge is 0.301 e. The molecule has 0 radical (unpaired) electrons. The molecule has 23 heavy (non-hydrogen) atoms. The third kappa shape index (κ3) is 4.24. The van der Waals surface area contributed by atoms with Crippen LogP contribution < -0.4 is 0 Å². The summed E-state index contributed by atoms with van der Waals surface area (Å²) in [7, 11) is 0. The molecule has 0 aliphatic carbocycles. The van der Waals surface area contributed by atoms with Gasteiger partial charge in [0.25, 0.3) is 0 Å². The first-order chi connectivity index (χ1) is 11.2. The average Bonchev–Trinajstić information content (AvgIpc) is 2.58. The normalized spacial score (nSPS) is 16.7. The lowest BCUT2D eigenvalue weighted by Crippen LogP contribution is -2.45. The molecule has 1 aliphatic heterocycles. The zero-order valence-corrected chi connectivity index (χ0v) is 14.8. The van der Waals surface area contributed by atoms with Gasteiger partial charge >= 0.3 is 0 Å². The van der Waals surface area contributed by atoms with E-state index in [4.69, 9.17) is 23.2 Å². The van der Waals surface area contributed by atoms with E-state index < -0.39 is 0 Å². The Hall–Kier alpha value is -1.13. The zero-order valence-electron chi connectivity index (χ0n) is 13.3. The van der Waals surface area contributed by atoms with Crippen LogP contribution in [0.1, 0.15) is 12.5 Å². The fourth-order valence-corrected chi connectivity index (χ4v) is 3.23. The van der Waals surface area contributed by atoms with E-state index in [0.717, 1.165) is 50.4 Å². The maximum Gasteiger partial charge on any atom is 0.0598 e. The number of benzene rings is 1. The number of nitrogens with zero attached hydrogens (tertiary/aromatic N) is 3. The maximum atomic E-state index is 6.12. The van der Waals surface area contributed by atoms with Crippen molar-refractivity contribution in [3.8, 4) is 11.1 Å². The predicted octanol–water partition coefficient (Wildman–Crippen LogP) is 4.19. The number of hydrogen-bond acceptors (Lipinski definition) is 3. The van der Waals surface area contributed by atoms with E-state index in [1.807, 2.05) is 30.6 Å². The highest BCUT2D eigenvalue weighted by Crippen LogP contribution is 2.28. The molecule has 1 fully saturated rings. The molecular weight excluding hydrogens is 329 g/mol. The number of rotatable bonds is 4. The van der Waals surface area contributed by atoms with Crippen molar-refractivity contribution in [2.45, 2.75) is 13.5 Å². The van der Waals surface area contributed by atoms with Crippen LogP contribution in [0.25, 0.3) is 11.1 Å². The van der Waals surface area contributed by atoms with E-state index in [0.29, 0.717) is 10.0 Å². The summed E-state index contributed by atoms with van der Waals surface area (Å²) in [6.07, 6.45) is 3.82. The molecule has 0 amide bonds. The first-order valence-corrected chi connectivity index (χ1v) is 8.75. The van der Waals surface area contributed by atoms with Gasteiger partial charge in [0.15, 0.2) is 0 Å². The molecular formula is C18H21Cl2N3. The van der Waals surface area contributed by atoms with Crippen molar-refractivity contribution in [1.29, 1.82) is 0 Å². The summed E-state index contributed by atoms with van der Waals surface area (Å²) < 4.78 is 0. The summed E-state index contributed by atoms with van der Waals surface area (Å²) >= 11 is 12.1. The Morgan fingerprint density at radius 3 is 2.35 bits per heavy atom. The van der Waals surface area contributed by atoms with Crippen LogP contribution in [0.3, 0.4) is 0 Å². The molecule has 122 valence electrons. The zero-order chi connectivity index (χ0) is 16.2. The van der Waals surface area contributed by atoms with Gasteiger partial charge in [0, 0.05) is 50.7 Å². The van der Waals surface area contributed by atoms with Gasteiger partial charge < -0.3 is 4.90 Å². The fraction of sp³-hybridized carbons (Fsp3) is 0.389. The number of aromatic nitrogens is 1. The topological polar surface area (TPSA) is 19.4 Å². The third-order valence-corrected chi connectivity index (χ3v) is 5.11. The number of hydrogen-bond donors (Lipinski definition) is 0. The van der Waals surface area contributed by atoms with Gasteiger partial charge in [-0.15, -0.1) is 0 Å². The average molecular weight is 350 g/mol. The summed E-state index contributed by atoms with van der Waals surface area (Å²) in [5.41, 5.74) is 3.36. The van der Waals surface area contributed by atoms with Gasteiger partial charge in [-0.3, -0.25) is 9.88 Å². The predicted molar refractivity (Wildman–Crippen MR) is 97.1 cm³/mol. The van der Waals surface area contributed by atoms with Gasteiger partial charge in [0.1, 0.15) is 0 Å². The number of piperazine rings is 1. The molecule has 1 saturated heterocycles. The second-order valence-corrected chi connectivity index (χ2v) is 6.74. The Morgan fingerprint density at radius 2 is 1.65 bits per heavy atom. The first kappa shape index (κ1) is 16.7. The number of pyridine rings is 1. The smallest absolute Gasteiger partial charge is 0.0598 e. The van der Waals surface area contributed by atoms with E-state index in [2.05, 4.69) is 27.8 Å². The number of likely N-dealkylation sites (N-methyl/N-ethyl adjacent to an activating group) is 1. The van der Waals surface area contributed by atoms with Crippen LogP contribution in [0, 0.1) is 0 Å². The lowest BCUT2D eigenvalue weighted by Gasteiger charge is -2.34. The van der Waals surface area contributed by atoms with E-state index in [-0.39, 0.29) is 0 Å². The Morgan fingerprint density at radius 1 is 0.913 bits per heavy atom. The van der Waals surface area contributed by atoms with E-state index in [1.165, 1.54) is 5.56 Å². The minimum absolute atomic E-state index is 0.574. The monoisotopic (exact) mass is 349 g/mol. The molecule has 3 rings (SSSR count). The van der Waals surface area contributed by atoms with Crippen LogP contribution >= 0.6 is 23.2 Å². The third-order valence-electron chi connectivity index (χ3n) is 4.37. The molecule has 1 aromatic heterocycles. The van der Waals surface area contributed by atoms with Crippen molar-refractivity contribution < 1.29 is 0 Å². The first-order valence-electron chi connectivity index (χ1n) is 8.00. The summed E-state index contributed by atoms with van der Waals surface area (Å²) in [6, 6.07) is 7.90. The Labute approximate surface area is 147 Å². The SMILES string of the molecule is CCN1CCN(Cc2cncc(-c3ccc(Cl)c(Cl)c3)c2)CC1. The van der Waals surface area contributed by atoms with E-state index in [9.17, 15) is 0 Å². The van der Waals surface area contributed by atoms with Gasteiger partial charge in [-0.05, 0) is 35.9 Å². The van der Waals surface area contributed by atoms with Crippen LogP contribution in [-0.4, -0.2) is 47.5 Å². The molecule has 0 N–H and O–H groups in total. The van der Waals surface area contributed by atoms with Crippen molar-refractivity contribution >= 4 is 23.2 Å². The molecule has 1 aromatic carbocycles. The molecule has 2 aromatic rings. The maximum absolute atomic E-state index is 6.12. The molecule has 0 atom stereocenters. The Balaban J connectivity index is 1.71. The highest BCUT2D eigenvalue weighted by molar-refractivity contribution is 6.42. The van der Waals surface area contributed by atoms with Gasteiger partial charge in [-0.1, -0.05) is 36.2 Å². The van der Waals surface area contributed by atoms with Crippen LogP contribution in [0.5, 0.6) is 0 Å². The van der Waals surface area contributed by atoms with Crippen LogP contribution in [0.2, 0.25) is 10.0 Å². The van der Waals surface area contributed by atoms with Crippen molar-refractivity contribution in [3.63, 3.8) is 0 Å². The minimum Gasteiger partial charge on any atom is -0.301 e. The Kier molecular flexibility index (Phi) is 5.54. The molecule has 2 heterocycles. The summed E-state index contributed by atoms with van der Waals surface area (Å²) in [4.78, 5) is 9.37. The Bertz CT molecular complexity index is 667. The molecule has 0 saturated carbocycles. The summed E-state index contributed by atoms with van der Waals surface area (Å²) in [5.74, 6) is 0. The summed E-state index contributed by atoms with van der Waals surface area (Å²) in [6.45, 7) is 8.84. The van der Waals surface area contributed by atoms with Crippen molar-refractivity contribution in [1.82, 2.24) is 14.8 Å². The molecule has 5 heteroatoms. The highest BCUT2D eigenvalue weighted by atomic mass is 35.5. The standard InChI is InChI=1S/C18H21Cl2N3/c1-2-22-5-7-23(8-6-22)13-14-9-16(12-21-11-14)15-3-4-17(19)18(20)10-15/h3-4,9-12H,2,5-8,13H2,1H3. The van der Waals surface area contributed by atoms with Crippen LogP contribution in [0.15, 0.2) is 36.7 Å². The summed E-state index contributed by atoms with van der Waals surface area (Å²) in [5, 5.41) is 1.15. The molecule has 0 bridgehead atoms. The van der Waals surface area contributed by atoms with Crippen LogP contribution in [0.4, 0.5) is 0 Å². The van der Waals surface area contributed by atoms with Gasteiger partial charge in [-0.25, -0.2) is 0 Å². The van der Waals surface area contributed by atoms with Crippen molar-refractivity contribution in [3.05, 3.63) is 52.3 Å². The number of halogens is 2. The lowest BCUT2D eigenvalue weighted by molar-refractivity contribution is 0.132. The lowest BCUT2D eigenvalue weighted by atomic mass is 10.1. The van der Waals surface area contributed by atoms with Gasteiger partial charge in [-0.2, -0.15) is 0 Å². The molecule has 3 nitrogen and oxygen atoms in total. The van der Waals surface area contributed by atoms with Crippen LogP contribution in [-0.2, 0) is 6.54 Å². The second kappa shape index (κ2) is 7.63.